The second kappa shape index (κ2) is 12.8. The Bertz CT molecular complexity index is 1060. The van der Waals surface area contributed by atoms with Crippen LogP contribution in [0.2, 0.25) is 5.02 Å². The topological polar surface area (TPSA) is 86.8 Å². The van der Waals surface area contributed by atoms with Gasteiger partial charge in [0.2, 0.25) is 21.8 Å². The van der Waals surface area contributed by atoms with Crippen LogP contribution in [0, 0.1) is 5.92 Å². The van der Waals surface area contributed by atoms with E-state index in [-0.39, 0.29) is 37.2 Å². The van der Waals surface area contributed by atoms with E-state index in [9.17, 15) is 18.0 Å². The number of amides is 2. The molecular formula is C25H34ClN3O4S. The summed E-state index contributed by atoms with van der Waals surface area (Å²) in [5.74, 6) is -0.200. The van der Waals surface area contributed by atoms with Gasteiger partial charge in [-0.25, -0.2) is 8.42 Å². The first-order valence-corrected chi connectivity index (χ1v) is 13.6. The molecule has 0 bridgehead atoms. The number of carbonyl (C=O) groups excluding carboxylic acids is 2. The van der Waals surface area contributed by atoms with Crippen LogP contribution in [-0.2, 0) is 26.2 Å². The van der Waals surface area contributed by atoms with Crippen molar-refractivity contribution in [1.29, 1.82) is 0 Å². The molecule has 0 aliphatic heterocycles. The van der Waals surface area contributed by atoms with E-state index in [1.54, 1.807) is 43.3 Å². The summed E-state index contributed by atoms with van der Waals surface area (Å²) in [5, 5.41) is 3.40. The lowest BCUT2D eigenvalue weighted by atomic mass is 10.1. The van der Waals surface area contributed by atoms with Gasteiger partial charge in [-0.05, 0) is 43.0 Å². The van der Waals surface area contributed by atoms with Gasteiger partial charge < -0.3 is 10.2 Å². The molecule has 0 aromatic heterocycles. The second-order valence-corrected chi connectivity index (χ2v) is 11.0. The Morgan fingerprint density at radius 2 is 1.62 bits per heavy atom. The molecule has 186 valence electrons. The van der Waals surface area contributed by atoms with Gasteiger partial charge in [0.05, 0.1) is 11.9 Å². The fourth-order valence-corrected chi connectivity index (χ4v) is 4.60. The van der Waals surface area contributed by atoms with Gasteiger partial charge >= 0.3 is 0 Å². The molecule has 0 unspecified atom stereocenters. The Morgan fingerprint density at radius 3 is 2.21 bits per heavy atom. The summed E-state index contributed by atoms with van der Waals surface area (Å²) in [6, 6.07) is 15.3. The first kappa shape index (κ1) is 27.7. The van der Waals surface area contributed by atoms with Crippen molar-refractivity contribution in [2.24, 2.45) is 5.92 Å². The van der Waals surface area contributed by atoms with Crippen LogP contribution >= 0.6 is 11.6 Å². The standard InChI is InChI=1S/C25H34ClN3O4S/c1-19(2)17-27-25(31)20(3)28(18-21-11-8-9-14-23(21)26)24(30)15-10-16-29(34(4,32)33)22-12-6-5-7-13-22/h5-9,11-14,19-20H,10,15-18H2,1-4H3,(H,27,31)/t20-/m1/s1. The minimum Gasteiger partial charge on any atom is -0.354 e. The first-order chi connectivity index (χ1) is 16.0. The maximum atomic E-state index is 13.2. The predicted molar refractivity (Wildman–Crippen MR) is 137 cm³/mol. The maximum absolute atomic E-state index is 13.2. The van der Waals surface area contributed by atoms with Crippen LogP contribution in [-0.4, -0.2) is 50.5 Å². The summed E-state index contributed by atoms with van der Waals surface area (Å²) >= 11 is 6.31. The van der Waals surface area contributed by atoms with Crippen molar-refractivity contribution in [3.63, 3.8) is 0 Å². The predicted octanol–water partition coefficient (Wildman–Crippen LogP) is 4.08. The molecule has 0 spiro atoms. The molecule has 2 amide bonds. The van der Waals surface area contributed by atoms with Crippen molar-refractivity contribution in [2.45, 2.75) is 46.2 Å². The van der Waals surface area contributed by atoms with Gasteiger partial charge in [0.25, 0.3) is 0 Å². The molecule has 0 heterocycles. The van der Waals surface area contributed by atoms with Gasteiger partial charge in [-0.2, -0.15) is 0 Å². The highest BCUT2D eigenvalue weighted by Crippen LogP contribution is 2.21. The van der Waals surface area contributed by atoms with E-state index in [0.29, 0.717) is 23.7 Å². The zero-order valence-corrected chi connectivity index (χ0v) is 21.8. The van der Waals surface area contributed by atoms with E-state index < -0.39 is 16.1 Å². The van der Waals surface area contributed by atoms with Gasteiger partial charge in [0, 0.05) is 31.1 Å². The number of sulfonamides is 1. The van der Waals surface area contributed by atoms with E-state index >= 15 is 0 Å². The lowest BCUT2D eigenvalue weighted by Gasteiger charge is -2.30. The third kappa shape index (κ3) is 8.33. The SMILES string of the molecule is CC(C)CNC(=O)[C@@H](C)N(Cc1ccccc1Cl)C(=O)CCCN(c1ccccc1)S(C)(=O)=O. The van der Waals surface area contributed by atoms with Crippen molar-refractivity contribution >= 4 is 39.1 Å². The van der Waals surface area contributed by atoms with E-state index in [1.807, 2.05) is 32.0 Å². The number of halogens is 1. The van der Waals surface area contributed by atoms with Crippen molar-refractivity contribution in [2.75, 3.05) is 23.7 Å². The first-order valence-electron chi connectivity index (χ1n) is 11.3. The molecule has 1 atom stereocenters. The van der Waals surface area contributed by atoms with Crippen LogP contribution in [0.4, 0.5) is 5.69 Å². The van der Waals surface area contributed by atoms with Gasteiger partial charge in [-0.1, -0.05) is 61.8 Å². The van der Waals surface area contributed by atoms with Crippen LogP contribution in [0.1, 0.15) is 39.2 Å². The lowest BCUT2D eigenvalue weighted by Crippen LogP contribution is -2.48. The number of hydrogen-bond donors (Lipinski definition) is 1. The number of anilines is 1. The number of benzene rings is 2. The third-order valence-electron chi connectivity index (χ3n) is 5.35. The summed E-state index contributed by atoms with van der Waals surface area (Å²) in [6.07, 6.45) is 1.54. The molecule has 0 saturated heterocycles. The average Bonchev–Trinajstić information content (AvgIpc) is 2.78. The minimum absolute atomic E-state index is 0.0884. The molecule has 7 nitrogen and oxygen atoms in total. The fraction of sp³-hybridized carbons (Fsp3) is 0.440. The van der Waals surface area contributed by atoms with E-state index in [1.165, 1.54) is 9.21 Å². The molecule has 1 N–H and O–H groups in total. The summed E-state index contributed by atoms with van der Waals surface area (Å²) in [5.41, 5.74) is 1.29. The molecule has 2 aromatic carbocycles. The molecule has 0 aliphatic carbocycles. The van der Waals surface area contributed by atoms with Crippen LogP contribution in [0.25, 0.3) is 0 Å². The summed E-state index contributed by atoms with van der Waals surface area (Å²) in [7, 11) is -3.51. The molecule has 0 aliphatic rings. The second-order valence-electron chi connectivity index (χ2n) is 8.70. The highest BCUT2D eigenvalue weighted by atomic mass is 35.5. The minimum atomic E-state index is -3.51. The number of nitrogens with zero attached hydrogens (tertiary/aromatic N) is 2. The summed E-state index contributed by atoms with van der Waals surface area (Å²) < 4.78 is 25.9. The van der Waals surface area contributed by atoms with Crippen LogP contribution in [0.3, 0.4) is 0 Å². The van der Waals surface area contributed by atoms with Crippen LogP contribution in [0.15, 0.2) is 54.6 Å². The molecule has 9 heteroatoms. The normalized spacial score (nSPS) is 12.3. The zero-order chi connectivity index (χ0) is 25.3. The molecule has 0 saturated carbocycles. The average molecular weight is 508 g/mol. The Balaban J connectivity index is 2.15. The highest BCUT2D eigenvalue weighted by molar-refractivity contribution is 7.92. The van der Waals surface area contributed by atoms with Gasteiger partial charge in [-0.15, -0.1) is 0 Å². The Hall–Kier alpha value is -2.58. The largest absolute Gasteiger partial charge is 0.354 e. The van der Waals surface area contributed by atoms with Crippen LogP contribution in [0.5, 0.6) is 0 Å². The Morgan fingerprint density at radius 1 is 1.00 bits per heavy atom. The molecule has 0 radical (unpaired) electrons. The molecule has 2 aromatic rings. The van der Waals surface area contributed by atoms with Crippen molar-refractivity contribution in [1.82, 2.24) is 10.2 Å². The Labute approximate surface area is 208 Å². The summed E-state index contributed by atoms with van der Waals surface area (Å²) in [6.45, 7) is 6.54. The highest BCUT2D eigenvalue weighted by Gasteiger charge is 2.27. The van der Waals surface area contributed by atoms with Gasteiger partial charge in [-0.3, -0.25) is 13.9 Å². The molecule has 0 fully saturated rings. The monoisotopic (exact) mass is 507 g/mol. The van der Waals surface area contributed by atoms with Gasteiger partial charge in [0.15, 0.2) is 0 Å². The van der Waals surface area contributed by atoms with Crippen molar-refractivity contribution in [3.8, 4) is 0 Å². The molecule has 2 rings (SSSR count). The number of rotatable bonds is 12. The molecule has 34 heavy (non-hydrogen) atoms. The number of nitrogens with one attached hydrogen (secondary N) is 1. The smallest absolute Gasteiger partial charge is 0.242 e. The summed E-state index contributed by atoms with van der Waals surface area (Å²) in [4.78, 5) is 27.5. The molecular weight excluding hydrogens is 474 g/mol. The zero-order valence-electron chi connectivity index (χ0n) is 20.2. The number of para-hydroxylation sites is 1. The quantitative estimate of drug-likeness (QED) is 0.469. The van der Waals surface area contributed by atoms with E-state index in [4.69, 9.17) is 11.6 Å². The number of hydrogen-bond acceptors (Lipinski definition) is 4. The lowest BCUT2D eigenvalue weighted by molar-refractivity contribution is -0.140. The van der Waals surface area contributed by atoms with Crippen molar-refractivity contribution in [3.05, 3.63) is 65.2 Å². The van der Waals surface area contributed by atoms with E-state index in [2.05, 4.69) is 5.32 Å². The van der Waals surface area contributed by atoms with Crippen LogP contribution < -0.4 is 9.62 Å². The third-order valence-corrected chi connectivity index (χ3v) is 6.91. The van der Waals surface area contributed by atoms with E-state index in [0.717, 1.165) is 11.8 Å². The Kier molecular flexibility index (Phi) is 10.4. The van der Waals surface area contributed by atoms with Crippen molar-refractivity contribution < 1.29 is 18.0 Å². The maximum Gasteiger partial charge on any atom is 0.242 e. The fourth-order valence-electron chi connectivity index (χ4n) is 3.44. The van der Waals surface area contributed by atoms with Gasteiger partial charge in [0.1, 0.15) is 6.04 Å². The number of carbonyl (C=O) groups is 2.